The first-order chi connectivity index (χ1) is 18.4. The normalized spacial score (nSPS) is 21.2. The second-order valence-electron chi connectivity index (χ2n) is 10.2. The van der Waals surface area contributed by atoms with Gasteiger partial charge in [-0.05, 0) is 31.7 Å². The number of hydrogen-bond donors (Lipinski definition) is 1. The van der Waals surface area contributed by atoms with Gasteiger partial charge in [-0.2, -0.15) is 0 Å². The number of aromatic nitrogens is 2. The molecule has 38 heavy (non-hydrogen) atoms. The van der Waals surface area contributed by atoms with Gasteiger partial charge in [0.1, 0.15) is 18.0 Å². The third kappa shape index (κ3) is 5.16. The number of fused-ring (bicyclic) bond motifs is 1. The Kier molecular flexibility index (Phi) is 7.74. The first kappa shape index (κ1) is 26.3. The van der Waals surface area contributed by atoms with Crippen LogP contribution in [0.1, 0.15) is 69.0 Å². The highest BCUT2D eigenvalue weighted by molar-refractivity contribution is 5.87. The van der Waals surface area contributed by atoms with Crippen LogP contribution in [-0.4, -0.2) is 41.2 Å². The molecule has 4 unspecified atom stereocenters. The summed E-state index contributed by atoms with van der Waals surface area (Å²) in [6, 6.07) is 10.6. The highest BCUT2D eigenvalue weighted by atomic mass is 19.2. The van der Waals surface area contributed by atoms with E-state index < -0.39 is 29.7 Å². The highest BCUT2D eigenvalue weighted by Gasteiger charge is 2.53. The molecule has 7 nitrogen and oxygen atoms in total. The van der Waals surface area contributed by atoms with Crippen LogP contribution in [-0.2, 0) is 19.1 Å². The molecule has 3 aromatic rings. The van der Waals surface area contributed by atoms with Crippen LogP contribution < -0.4 is 5.32 Å². The van der Waals surface area contributed by atoms with Gasteiger partial charge in [0.2, 0.25) is 5.91 Å². The molecule has 0 aliphatic heterocycles. The predicted octanol–water partition coefficient (Wildman–Crippen LogP) is 5.24. The smallest absolute Gasteiger partial charge is 0.309 e. The number of imidazole rings is 1. The van der Waals surface area contributed by atoms with Gasteiger partial charge in [-0.25, -0.2) is 13.8 Å². The summed E-state index contributed by atoms with van der Waals surface area (Å²) in [4.78, 5) is 31.3. The first-order valence-corrected chi connectivity index (χ1v) is 13.3. The number of carbonyl (C=O) groups is 2. The molecular weight excluding hydrogens is 492 g/mol. The van der Waals surface area contributed by atoms with Crippen molar-refractivity contribution in [2.24, 2.45) is 11.8 Å². The Balaban J connectivity index is 1.64. The van der Waals surface area contributed by atoms with E-state index in [0.29, 0.717) is 12.2 Å². The summed E-state index contributed by atoms with van der Waals surface area (Å²) >= 11 is 0. The number of ether oxygens (including phenoxy) is 2. The van der Waals surface area contributed by atoms with Crippen molar-refractivity contribution in [3.63, 3.8) is 0 Å². The number of nitrogens with one attached hydrogen (secondary N) is 1. The van der Waals surface area contributed by atoms with E-state index in [0.717, 1.165) is 49.8 Å². The van der Waals surface area contributed by atoms with Crippen molar-refractivity contribution in [1.82, 2.24) is 14.9 Å². The van der Waals surface area contributed by atoms with E-state index in [1.165, 1.54) is 7.11 Å². The highest BCUT2D eigenvalue weighted by Crippen LogP contribution is 2.49. The van der Waals surface area contributed by atoms with Gasteiger partial charge < -0.3 is 19.4 Å². The van der Waals surface area contributed by atoms with Crippen LogP contribution in [0.15, 0.2) is 42.5 Å². The molecule has 9 heteroatoms. The Morgan fingerprint density at radius 3 is 2.50 bits per heavy atom. The average Bonchev–Trinajstić information content (AvgIpc) is 3.63. The Bertz CT molecular complexity index is 1310. The van der Waals surface area contributed by atoms with E-state index in [2.05, 4.69) is 10.3 Å². The van der Waals surface area contributed by atoms with Crippen LogP contribution in [0.4, 0.5) is 8.78 Å². The molecule has 1 heterocycles. The van der Waals surface area contributed by atoms with Gasteiger partial charge >= 0.3 is 5.97 Å². The third-order valence-electron chi connectivity index (χ3n) is 7.66. The van der Waals surface area contributed by atoms with E-state index >= 15 is 0 Å². The van der Waals surface area contributed by atoms with Gasteiger partial charge in [0.15, 0.2) is 11.6 Å². The van der Waals surface area contributed by atoms with Crippen molar-refractivity contribution in [3.8, 4) is 0 Å². The Labute approximate surface area is 220 Å². The average molecular weight is 526 g/mol. The largest absolute Gasteiger partial charge is 0.466 e. The zero-order chi connectivity index (χ0) is 26.8. The summed E-state index contributed by atoms with van der Waals surface area (Å²) in [5.74, 6) is -3.19. The Morgan fingerprint density at radius 2 is 1.82 bits per heavy atom. The molecule has 0 spiro atoms. The molecule has 2 fully saturated rings. The van der Waals surface area contributed by atoms with E-state index in [1.807, 2.05) is 30.3 Å². The lowest BCUT2D eigenvalue weighted by Crippen LogP contribution is -2.42. The minimum atomic E-state index is -1.04. The first-order valence-electron chi connectivity index (χ1n) is 13.3. The van der Waals surface area contributed by atoms with Crippen LogP contribution in [0.2, 0.25) is 0 Å². The van der Waals surface area contributed by atoms with Crippen molar-refractivity contribution < 1.29 is 27.8 Å². The molecule has 4 atom stereocenters. The zero-order valence-corrected chi connectivity index (χ0v) is 21.7. The SMILES string of the molecule is CCOC(=O)C1CC1C(C(=O)NC1CCCCC1)n1c(C(OC)c2ccccc2)nc2cc(F)c(F)cc21. The number of carbonyl (C=O) groups excluding carboxylic acids is 2. The molecule has 202 valence electrons. The van der Waals surface area contributed by atoms with Crippen LogP contribution in [0.25, 0.3) is 11.0 Å². The maximum atomic E-state index is 14.6. The number of benzene rings is 2. The molecular formula is C29H33F2N3O4. The second-order valence-corrected chi connectivity index (χ2v) is 10.2. The molecule has 2 aliphatic rings. The standard InChI is InChI=1S/C29H33F2N3O4/c1-3-38-29(36)20-14-19(20)25(28(35)32-18-12-8-5-9-13-18)34-24-16-22(31)21(30)15-23(24)33-27(34)26(37-2)17-10-6-4-7-11-17/h4,6-7,10-11,15-16,18-20,25-26H,3,5,8-9,12-14H2,1-2H3,(H,32,35). The summed E-state index contributed by atoms with van der Waals surface area (Å²) < 4.78 is 41.6. The summed E-state index contributed by atoms with van der Waals surface area (Å²) in [5.41, 5.74) is 1.26. The molecule has 5 rings (SSSR count). The fourth-order valence-electron chi connectivity index (χ4n) is 5.73. The Hall–Kier alpha value is -3.33. The summed E-state index contributed by atoms with van der Waals surface area (Å²) in [6.45, 7) is 1.98. The molecule has 2 saturated carbocycles. The second kappa shape index (κ2) is 11.2. The minimum Gasteiger partial charge on any atom is -0.466 e. The number of nitrogens with zero attached hydrogens (tertiary/aromatic N) is 2. The predicted molar refractivity (Wildman–Crippen MR) is 137 cm³/mol. The van der Waals surface area contributed by atoms with Crippen LogP contribution in [0.5, 0.6) is 0 Å². The van der Waals surface area contributed by atoms with Gasteiger partial charge in [-0.1, -0.05) is 49.6 Å². The molecule has 2 aliphatic carbocycles. The molecule has 1 N–H and O–H groups in total. The number of rotatable bonds is 9. The van der Waals surface area contributed by atoms with Gasteiger partial charge in [0.05, 0.1) is 23.6 Å². The zero-order valence-electron chi connectivity index (χ0n) is 21.7. The van der Waals surface area contributed by atoms with Crippen molar-refractivity contribution in [1.29, 1.82) is 0 Å². The lowest BCUT2D eigenvalue weighted by atomic mass is 9.95. The fraction of sp³-hybridized carbons (Fsp3) is 0.483. The number of amides is 1. The van der Waals surface area contributed by atoms with Crippen LogP contribution in [0, 0.1) is 23.5 Å². The fourth-order valence-corrected chi connectivity index (χ4v) is 5.73. The van der Waals surface area contributed by atoms with Crippen molar-refractivity contribution in [2.75, 3.05) is 13.7 Å². The number of halogens is 2. The monoisotopic (exact) mass is 525 g/mol. The summed E-state index contributed by atoms with van der Waals surface area (Å²) in [7, 11) is 1.53. The molecule has 1 aromatic heterocycles. The minimum absolute atomic E-state index is 0.0262. The quantitative estimate of drug-likeness (QED) is 0.387. The topological polar surface area (TPSA) is 82.5 Å². The number of hydrogen-bond acceptors (Lipinski definition) is 5. The van der Waals surface area contributed by atoms with Gasteiger partial charge in [-0.3, -0.25) is 9.59 Å². The maximum Gasteiger partial charge on any atom is 0.309 e. The van der Waals surface area contributed by atoms with Gasteiger partial charge in [0.25, 0.3) is 0 Å². The Morgan fingerprint density at radius 1 is 1.11 bits per heavy atom. The van der Waals surface area contributed by atoms with E-state index in [1.54, 1.807) is 11.5 Å². The maximum absolute atomic E-state index is 14.6. The van der Waals surface area contributed by atoms with Crippen molar-refractivity contribution >= 4 is 22.9 Å². The van der Waals surface area contributed by atoms with E-state index in [4.69, 9.17) is 9.47 Å². The number of methoxy groups -OCH3 is 1. The van der Waals surface area contributed by atoms with Gasteiger partial charge in [-0.15, -0.1) is 0 Å². The number of esters is 1. The molecule has 0 radical (unpaired) electrons. The summed E-state index contributed by atoms with van der Waals surface area (Å²) in [5, 5.41) is 3.19. The molecule has 0 bridgehead atoms. The third-order valence-corrected chi connectivity index (χ3v) is 7.66. The van der Waals surface area contributed by atoms with Crippen molar-refractivity contribution in [2.45, 2.75) is 63.6 Å². The van der Waals surface area contributed by atoms with Crippen LogP contribution in [0.3, 0.4) is 0 Å². The van der Waals surface area contributed by atoms with Crippen molar-refractivity contribution in [3.05, 3.63) is 65.5 Å². The van der Waals surface area contributed by atoms with E-state index in [9.17, 15) is 18.4 Å². The molecule has 0 saturated heterocycles. The molecule has 2 aromatic carbocycles. The van der Waals surface area contributed by atoms with Gasteiger partial charge in [0, 0.05) is 31.2 Å². The van der Waals surface area contributed by atoms with Crippen LogP contribution >= 0.6 is 0 Å². The lowest BCUT2D eigenvalue weighted by molar-refractivity contribution is -0.145. The van der Waals surface area contributed by atoms with E-state index in [-0.39, 0.29) is 41.5 Å². The lowest BCUT2D eigenvalue weighted by Gasteiger charge is -2.28. The molecule has 1 amide bonds. The summed E-state index contributed by atoms with van der Waals surface area (Å²) in [6.07, 6.45) is 4.71.